The molecule has 1 aliphatic carbocycles. The van der Waals surface area contributed by atoms with E-state index in [9.17, 15) is 9.59 Å². The second kappa shape index (κ2) is 13.8. The number of carbonyl (C=O) groups is 2. The van der Waals surface area contributed by atoms with Crippen LogP contribution in [0.5, 0.6) is 0 Å². The van der Waals surface area contributed by atoms with Crippen LogP contribution in [0.4, 0.5) is 4.79 Å². The first-order valence-electron chi connectivity index (χ1n) is 14.4. The zero-order valence-corrected chi connectivity index (χ0v) is 25.0. The average molecular weight is 558 g/mol. The smallest absolute Gasteiger partial charge is 0.409 e. The highest BCUT2D eigenvalue weighted by molar-refractivity contribution is 5.79. The zero-order valence-electron chi connectivity index (χ0n) is 25.0. The van der Waals surface area contributed by atoms with Gasteiger partial charge in [0.05, 0.1) is 12.1 Å². The van der Waals surface area contributed by atoms with Gasteiger partial charge >= 0.3 is 6.09 Å². The van der Waals surface area contributed by atoms with E-state index in [4.69, 9.17) is 9.57 Å². The first-order chi connectivity index (χ1) is 19.6. The summed E-state index contributed by atoms with van der Waals surface area (Å²) in [6, 6.07) is 25.1. The Kier molecular flexibility index (Phi) is 10.2. The van der Waals surface area contributed by atoms with E-state index in [0.29, 0.717) is 19.7 Å². The first-order valence-corrected chi connectivity index (χ1v) is 14.4. The SMILES string of the molecule is CN(CCCc1ccc(CN(C=O)OC(C)(C)C)cc1)CCN(C)C(=O)OCC1c2ccccc2-c2ccccc21. The Balaban J connectivity index is 1.16. The van der Waals surface area contributed by atoms with E-state index in [2.05, 4.69) is 60.5 Å². The Morgan fingerprint density at radius 1 is 0.829 bits per heavy atom. The molecule has 4 rings (SSSR count). The van der Waals surface area contributed by atoms with Crippen molar-refractivity contribution >= 4 is 12.5 Å². The van der Waals surface area contributed by atoms with E-state index in [1.807, 2.05) is 45.0 Å². The third kappa shape index (κ3) is 8.41. The number of ether oxygens (including phenoxy) is 1. The number of likely N-dealkylation sites (N-methyl/N-ethyl adjacent to an activating group) is 2. The Morgan fingerprint density at radius 2 is 1.41 bits per heavy atom. The Morgan fingerprint density at radius 3 is 2.00 bits per heavy atom. The lowest BCUT2D eigenvalue weighted by atomic mass is 9.98. The molecular formula is C34H43N3O4. The molecule has 0 heterocycles. The number of hydrogen-bond acceptors (Lipinski definition) is 5. The van der Waals surface area contributed by atoms with Crippen molar-refractivity contribution in [2.24, 2.45) is 0 Å². The molecule has 0 saturated heterocycles. The quantitative estimate of drug-likeness (QED) is 0.187. The van der Waals surface area contributed by atoms with Gasteiger partial charge in [-0.05, 0) is 80.6 Å². The molecule has 41 heavy (non-hydrogen) atoms. The summed E-state index contributed by atoms with van der Waals surface area (Å²) in [6.07, 6.45) is 2.40. The summed E-state index contributed by atoms with van der Waals surface area (Å²) >= 11 is 0. The third-order valence-electron chi connectivity index (χ3n) is 7.34. The van der Waals surface area contributed by atoms with Gasteiger partial charge in [0.15, 0.2) is 0 Å². The van der Waals surface area contributed by atoms with Gasteiger partial charge in [-0.2, -0.15) is 0 Å². The van der Waals surface area contributed by atoms with Crippen molar-refractivity contribution in [3.63, 3.8) is 0 Å². The van der Waals surface area contributed by atoms with Crippen LogP contribution >= 0.6 is 0 Å². The van der Waals surface area contributed by atoms with Gasteiger partial charge < -0.3 is 14.5 Å². The molecular weight excluding hydrogens is 514 g/mol. The molecule has 0 aliphatic heterocycles. The molecule has 0 atom stereocenters. The molecule has 218 valence electrons. The molecule has 0 saturated carbocycles. The molecule has 0 N–H and O–H groups in total. The number of amides is 2. The van der Waals surface area contributed by atoms with Crippen LogP contribution in [-0.4, -0.2) is 73.3 Å². The van der Waals surface area contributed by atoms with E-state index in [1.54, 1.807) is 11.9 Å². The highest BCUT2D eigenvalue weighted by atomic mass is 16.7. The zero-order chi connectivity index (χ0) is 29.4. The lowest BCUT2D eigenvalue weighted by molar-refractivity contribution is -0.220. The van der Waals surface area contributed by atoms with Crippen LogP contribution in [0.3, 0.4) is 0 Å². The van der Waals surface area contributed by atoms with Crippen LogP contribution in [-0.2, 0) is 27.3 Å². The largest absolute Gasteiger partial charge is 0.448 e. The van der Waals surface area contributed by atoms with Gasteiger partial charge in [0, 0.05) is 26.1 Å². The minimum atomic E-state index is -0.419. The average Bonchev–Trinajstić information content (AvgIpc) is 3.28. The lowest BCUT2D eigenvalue weighted by Gasteiger charge is -2.26. The second-order valence-corrected chi connectivity index (χ2v) is 11.8. The van der Waals surface area contributed by atoms with Crippen LogP contribution in [0.25, 0.3) is 11.1 Å². The number of hydroxylamine groups is 2. The number of fused-ring (bicyclic) bond motifs is 3. The number of aryl methyl sites for hydroxylation is 1. The van der Waals surface area contributed by atoms with Gasteiger partial charge in [0.2, 0.25) is 6.41 Å². The summed E-state index contributed by atoms with van der Waals surface area (Å²) in [6.45, 7) is 8.82. The van der Waals surface area contributed by atoms with Gasteiger partial charge in [0.1, 0.15) is 6.61 Å². The van der Waals surface area contributed by atoms with Crippen LogP contribution < -0.4 is 0 Å². The predicted molar refractivity (Wildman–Crippen MR) is 162 cm³/mol. The summed E-state index contributed by atoms with van der Waals surface area (Å²) in [5.41, 5.74) is 6.76. The van der Waals surface area contributed by atoms with Crippen molar-refractivity contribution in [1.29, 1.82) is 0 Å². The summed E-state index contributed by atoms with van der Waals surface area (Å²) in [4.78, 5) is 33.7. The fourth-order valence-electron chi connectivity index (χ4n) is 5.22. The highest BCUT2D eigenvalue weighted by Gasteiger charge is 2.29. The maximum atomic E-state index is 12.8. The van der Waals surface area contributed by atoms with Crippen LogP contribution in [0.2, 0.25) is 0 Å². The Bertz CT molecular complexity index is 1260. The maximum absolute atomic E-state index is 12.8. The van der Waals surface area contributed by atoms with E-state index in [1.165, 1.54) is 32.9 Å². The molecule has 0 spiro atoms. The molecule has 0 bridgehead atoms. The molecule has 3 aromatic rings. The number of nitrogens with zero attached hydrogens (tertiary/aromatic N) is 3. The molecule has 3 aromatic carbocycles. The molecule has 0 radical (unpaired) electrons. The first kappa shape index (κ1) is 30.3. The monoisotopic (exact) mass is 557 g/mol. The van der Waals surface area contributed by atoms with Crippen molar-refractivity contribution < 1.29 is 19.2 Å². The van der Waals surface area contributed by atoms with Crippen molar-refractivity contribution in [2.75, 3.05) is 40.3 Å². The fraction of sp³-hybridized carbons (Fsp3) is 0.412. The number of carbonyl (C=O) groups excluding carboxylic acids is 2. The van der Waals surface area contributed by atoms with Crippen molar-refractivity contribution in [2.45, 2.75) is 51.7 Å². The summed E-state index contributed by atoms with van der Waals surface area (Å²) in [7, 11) is 3.88. The van der Waals surface area contributed by atoms with Gasteiger partial charge in [-0.1, -0.05) is 72.8 Å². The summed E-state index contributed by atoms with van der Waals surface area (Å²) in [5, 5.41) is 1.34. The maximum Gasteiger partial charge on any atom is 0.409 e. The van der Waals surface area contributed by atoms with Gasteiger partial charge in [-0.25, -0.2) is 9.86 Å². The van der Waals surface area contributed by atoms with Crippen LogP contribution in [0.15, 0.2) is 72.8 Å². The van der Waals surface area contributed by atoms with Crippen molar-refractivity contribution in [1.82, 2.24) is 14.9 Å². The predicted octanol–water partition coefficient (Wildman–Crippen LogP) is 6.12. The molecule has 0 aromatic heterocycles. The normalized spacial score (nSPS) is 12.6. The van der Waals surface area contributed by atoms with E-state index in [0.717, 1.165) is 37.9 Å². The molecule has 2 amide bonds. The minimum Gasteiger partial charge on any atom is -0.448 e. The van der Waals surface area contributed by atoms with Gasteiger partial charge in [0.25, 0.3) is 0 Å². The van der Waals surface area contributed by atoms with Gasteiger partial charge in [-0.3, -0.25) is 9.63 Å². The summed E-state index contributed by atoms with van der Waals surface area (Å²) in [5.74, 6) is 0.0669. The molecule has 7 heteroatoms. The summed E-state index contributed by atoms with van der Waals surface area (Å²) < 4.78 is 5.78. The van der Waals surface area contributed by atoms with Crippen LogP contribution in [0.1, 0.15) is 55.4 Å². The van der Waals surface area contributed by atoms with E-state index in [-0.39, 0.29) is 12.0 Å². The molecule has 7 nitrogen and oxygen atoms in total. The van der Waals surface area contributed by atoms with E-state index >= 15 is 0 Å². The van der Waals surface area contributed by atoms with Gasteiger partial charge in [-0.15, -0.1) is 0 Å². The van der Waals surface area contributed by atoms with Crippen molar-refractivity contribution in [3.05, 3.63) is 95.1 Å². The Hall–Kier alpha value is -3.68. The number of rotatable bonds is 13. The second-order valence-electron chi connectivity index (χ2n) is 11.8. The molecule has 0 fully saturated rings. The standard InChI is InChI=1S/C34H43N3O4/c1-34(2,3)41-37(25-38)23-27-18-16-26(17-19-27)11-10-20-35(4)21-22-36(5)33(39)40-24-32-30-14-8-6-12-28(30)29-13-7-9-15-31(29)32/h6-9,12-19,25,32H,10-11,20-24H2,1-5H3. The Labute approximate surface area is 244 Å². The highest BCUT2D eigenvalue weighted by Crippen LogP contribution is 2.44. The third-order valence-corrected chi connectivity index (χ3v) is 7.34. The fourth-order valence-corrected chi connectivity index (χ4v) is 5.22. The van der Waals surface area contributed by atoms with E-state index < -0.39 is 5.60 Å². The topological polar surface area (TPSA) is 62.3 Å². The minimum absolute atomic E-state index is 0.0669. The van der Waals surface area contributed by atoms with Crippen LogP contribution in [0, 0.1) is 0 Å². The number of hydrogen-bond donors (Lipinski definition) is 0. The molecule has 0 unspecified atom stereocenters. The number of benzene rings is 3. The van der Waals surface area contributed by atoms with Crippen molar-refractivity contribution in [3.8, 4) is 11.1 Å². The lowest BCUT2D eigenvalue weighted by Crippen LogP contribution is -2.36. The molecule has 1 aliphatic rings.